The highest BCUT2D eigenvalue weighted by Gasteiger charge is 2.34. The van der Waals surface area contributed by atoms with E-state index in [-0.39, 0.29) is 6.10 Å². The van der Waals surface area contributed by atoms with Crippen LogP contribution in [0, 0.1) is 5.92 Å². The summed E-state index contributed by atoms with van der Waals surface area (Å²) in [6, 6.07) is 9.54. The minimum atomic E-state index is 0.213. The van der Waals surface area contributed by atoms with Crippen LogP contribution in [0.25, 0.3) is 0 Å². The topological polar surface area (TPSA) is 38.5 Å². The Morgan fingerprint density at radius 3 is 2.19 bits per heavy atom. The van der Waals surface area contributed by atoms with Gasteiger partial charge in [0, 0.05) is 25.2 Å². The van der Waals surface area contributed by atoms with Gasteiger partial charge >= 0.3 is 0 Å². The van der Waals surface area contributed by atoms with Crippen molar-refractivity contribution in [2.75, 3.05) is 13.1 Å². The van der Waals surface area contributed by atoms with E-state index < -0.39 is 0 Å². The Balaban J connectivity index is 2.11. The molecular weight excluding hydrogens is 260 g/mol. The molecule has 2 rings (SSSR count). The Labute approximate surface area is 129 Å². The van der Waals surface area contributed by atoms with E-state index in [2.05, 4.69) is 43.0 Å². The third-order valence-electron chi connectivity index (χ3n) is 3.85. The zero-order valence-electron chi connectivity index (χ0n) is 13.9. The second-order valence-corrected chi connectivity index (χ2v) is 6.81. The van der Waals surface area contributed by atoms with Crippen molar-refractivity contribution < 1.29 is 4.74 Å². The largest absolute Gasteiger partial charge is 0.491 e. The molecule has 1 aromatic carbocycles. The van der Waals surface area contributed by atoms with Gasteiger partial charge in [0.15, 0.2) is 0 Å². The fraction of sp³-hybridized carbons (Fsp3) is 0.667. The summed E-state index contributed by atoms with van der Waals surface area (Å²) in [5, 5.41) is 0. The van der Waals surface area contributed by atoms with Crippen LogP contribution in [-0.4, -0.2) is 30.1 Å². The number of hydrogen-bond acceptors (Lipinski definition) is 3. The first-order valence-corrected chi connectivity index (χ1v) is 8.23. The fourth-order valence-corrected chi connectivity index (χ4v) is 2.86. The van der Waals surface area contributed by atoms with Crippen molar-refractivity contribution in [3.63, 3.8) is 0 Å². The van der Waals surface area contributed by atoms with Crippen LogP contribution in [0.4, 0.5) is 0 Å². The predicted octanol–water partition coefficient (Wildman–Crippen LogP) is 3.59. The highest BCUT2D eigenvalue weighted by Crippen LogP contribution is 2.35. The van der Waals surface area contributed by atoms with E-state index in [9.17, 15) is 0 Å². The molecule has 3 heteroatoms. The van der Waals surface area contributed by atoms with Gasteiger partial charge in [-0.1, -0.05) is 26.0 Å². The standard InChI is InChI=1S/C18H30N2O/c1-13(2)12-20(16-7-8-16)18(11-19)15-5-9-17(10-6-15)21-14(3)4/h5-6,9-10,13-14,16,18H,7-8,11-12,19H2,1-4H3. The van der Waals surface area contributed by atoms with Gasteiger partial charge in [-0.25, -0.2) is 0 Å². The zero-order chi connectivity index (χ0) is 15.4. The summed E-state index contributed by atoms with van der Waals surface area (Å²) < 4.78 is 5.72. The average molecular weight is 290 g/mol. The first kappa shape index (κ1) is 16.3. The second-order valence-electron chi connectivity index (χ2n) is 6.81. The van der Waals surface area contributed by atoms with Crippen LogP contribution in [0.15, 0.2) is 24.3 Å². The molecule has 0 heterocycles. The molecule has 0 amide bonds. The molecule has 2 N–H and O–H groups in total. The van der Waals surface area contributed by atoms with Gasteiger partial charge in [-0.3, -0.25) is 4.90 Å². The van der Waals surface area contributed by atoms with Crippen LogP contribution >= 0.6 is 0 Å². The quantitative estimate of drug-likeness (QED) is 0.795. The van der Waals surface area contributed by atoms with E-state index in [1.54, 1.807) is 0 Å². The third-order valence-corrected chi connectivity index (χ3v) is 3.85. The minimum Gasteiger partial charge on any atom is -0.491 e. The van der Waals surface area contributed by atoms with Crippen molar-refractivity contribution in [2.45, 2.75) is 58.7 Å². The Hall–Kier alpha value is -1.06. The summed E-state index contributed by atoms with van der Waals surface area (Å²) in [6.07, 6.45) is 2.85. The first-order valence-electron chi connectivity index (χ1n) is 8.23. The molecule has 0 aliphatic heterocycles. The molecule has 21 heavy (non-hydrogen) atoms. The predicted molar refractivity (Wildman–Crippen MR) is 88.6 cm³/mol. The first-order chi connectivity index (χ1) is 10.0. The molecule has 1 saturated carbocycles. The van der Waals surface area contributed by atoms with Gasteiger partial charge < -0.3 is 10.5 Å². The van der Waals surface area contributed by atoms with E-state index in [1.807, 2.05) is 13.8 Å². The van der Waals surface area contributed by atoms with Crippen molar-refractivity contribution >= 4 is 0 Å². The SMILES string of the molecule is CC(C)CN(C1CC1)C(CN)c1ccc(OC(C)C)cc1. The van der Waals surface area contributed by atoms with Gasteiger partial charge in [0.1, 0.15) is 5.75 Å². The van der Waals surface area contributed by atoms with Gasteiger partial charge in [0.25, 0.3) is 0 Å². The summed E-state index contributed by atoms with van der Waals surface area (Å²) >= 11 is 0. The maximum Gasteiger partial charge on any atom is 0.119 e. The summed E-state index contributed by atoms with van der Waals surface area (Å²) in [7, 11) is 0. The van der Waals surface area contributed by atoms with E-state index in [1.165, 1.54) is 18.4 Å². The van der Waals surface area contributed by atoms with E-state index >= 15 is 0 Å². The summed E-state index contributed by atoms with van der Waals surface area (Å²) in [6.45, 7) is 10.5. The highest BCUT2D eigenvalue weighted by molar-refractivity contribution is 5.30. The van der Waals surface area contributed by atoms with Crippen LogP contribution in [0.5, 0.6) is 5.75 Å². The Bertz CT molecular complexity index is 423. The number of benzene rings is 1. The maximum absolute atomic E-state index is 6.09. The van der Waals surface area contributed by atoms with Gasteiger partial charge in [-0.05, 0) is 50.3 Å². The van der Waals surface area contributed by atoms with E-state index in [0.717, 1.165) is 18.3 Å². The molecule has 1 aromatic rings. The van der Waals surface area contributed by atoms with Crippen molar-refractivity contribution in [3.8, 4) is 5.75 Å². The Kier molecular flexibility index (Phi) is 5.65. The van der Waals surface area contributed by atoms with Gasteiger partial charge in [0.05, 0.1) is 6.10 Å². The fourth-order valence-electron chi connectivity index (χ4n) is 2.86. The smallest absolute Gasteiger partial charge is 0.119 e. The maximum atomic E-state index is 6.09. The third kappa shape index (κ3) is 4.72. The van der Waals surface area contributed by atoms with Crippen LogP contribution in [-0.2, 0) is 0 Å². The van der Waals surface area contributed by atoms with Crippen LogP contribution in [0.1, 0.15) is 52.1 Å². The van der Waals surface area contributed by atoms with Gasteiger partial charge in [-0.15, -0.1) is 0 Å². The number of rotatable bonds is 8. The molecule has 0 bridgehead atoms. The second kappa shape index (κ2) is 7.28. The van der Waals surface area contributed by atoms with Crippen molar-refractivity contribution in [1.82, 2.24) is 4.90 Å². The van der Waals surface area contributed by atoms with Gasteiger partial charge in [0.2, 0.25) is 0 Å². The zero-order valence-corrected chi connectivity index (χ0v) is 13.9. The number of nitrogens with zero attached hydrogens (tertiary/aromatic N) is 1. The molecule has 1 aliphatic rings. The highest BCUT2D eigenvalue weighted by atomic mass is 16.5. The molecule has 1 atom stereocenters. The Morgan fingerprint density at radius 1 is 1.14 bits per heavy atom. The summed E-state index contributed by atoms with van der Waals surface area (Å²) in [5.74, 6) is 1.61. The monoisotopic (exact) mass is 290 g/mol. The normalized spacial score (nSPS) is 16.8. The lowest BCUT2D eigenvalue weighted by Gasteiger charge is -2.33. The average Bonchev–Trinajstić information content (AvgIpc) is 3.23. The lowest BCUT2D eigenvalue weighted by molar-refractivity contribution is 0.169. The molecule has 0 spiro atoms. The van der Waals surface area contributed by atoms with Crippen molar-refractivity contribution in [3.05, 3.63) is 29.8 Å². The van der Waals surface area contributed by atoms with Crippen molar-refractivity contribution in [1.29, 1.82) is 0 Å². The number of nitrogens with two attached hydrogens (primary N) is 1. The molecule has 3 nitrogen and oxygen atoms in total. The summed E-state index contributed by atoms with van der Waals surface area (Å²) in [4.78, 5) is 2.60. The number of hydrogen-bond donors (Lipinski definition) is 1. The molecule has 0 aromatic heterocycles. The lowest BCUT2D eigenvalue weighted by Crippen LogP contribution is -2.38. The van der Waals surface area contributed by atoms with E-state index in [4.69, 9.17) is 10.5 Å². The number of ether oxygens (including phenoxy) is 1. The molecule has 1 aliphatic carbocycles. The molecule has 0 saturated heterocycles. The molecule has 1 unspecified atom stereocenters. The molecular formula is C18H30N2O. The van der Waals surface area contributed by atoms with Gasteiger partial charge in [-0.2, -0.15) is 0 Å². The van der Waals surface area contributed by atoms with Crippen molar-refractivity contribution in [2.24, 2.45) is 11.7 Å². The Morgan fingerprint density at radius 2 is 1.76 bits per heavy atom. The molecule has 1 fully saturated rings. The van der Waals surface area contributed by atoms with Crippen LogP contribution in [0.3, 0.4) is 0 Å². The van der Waals surface area contributed by atoms with Crippen LogP contribution < -0.4 is 10.5 Å². The van der Waals surface area contributed by atoms with E-state index in [0.29, 0.717) is 18.5 Å². The molecule has 118 valence electrons. The van der Waals surface area contributed by atoms with Crippen LogP contribution in [0.2, 0.25) is 0 Å². The minimum absolute atomic E-state index is 0.213. The lowest BCUT2D eigenvalue weighted by atomic mass is 10.0. The molecule has 0 radical (unpaired) electrons. The summed E-state index contributed by atoms with van der Waals surface area (Å²) in [5.41, 5.74) is 7.40.